The second-order valence-corrected chi connectivity index (χ2v) is 8.14. The number of carbonyl (C=O) groups excluding carboxylic acids is 2. The average Bonchev–Trinajstić information content (AvgIpc) is 3.30. The van der Waals surface area contributed by atoms with Crippen LogP contribution in [0.1, 0.15) is 32.6 Å². The summed E-state index contributed by atoms with van der Waals surface area (Å²) in [6.07, 6.45) is 3.87. The summed E-state index contributed by atoms with van der Waals surface area (Å²) in [4.78, 5) is 27.1. The highest BCUT2D eigenvalue weighted by Crippen LogP contribution is 2.59. The van der Waals surface area contributed by atoms with E-state index in [1.165, 1.54) is 0 Å². The van der Waals surface area contributed by atoms with Crippen LogP contribution in [0.3, 0.4) is 0 Å². The van der Waals surface area contributed by atoms with Gasteiger partial charge in [-0.05, 0) is 62.4 Å². The van der Waals surface area contributed by atoms with E-state index in [0.29, 0.717) is 22.3 Å². The van der Waals surface area contributed by atoms with Crippen LogP contribution in [-0.2, 0) is 9.59 Å². The third-order valence-corrected chi connectivity index (χ3v) is 5.99. The smallest absolute Gasteiger partial charge is 0.244 e. The summed E-state index contributed by atoms with van der Waals surface area (Å²) in [5.41, 5.74) is 0.635. The number of anilines is 1. The third kappa shape index (κ3) is 5.29. The molecule has 1 atom stereocenters. The van der Waals surface area contributed by atoms with Crippen LogP contribution in [-0.4, -0.2) is 42.9 Å². The molecule has 1 heterocycles. The Bertz CT molecular complexity index is 693. The number of piperidine rings is 1. The molecule has 0 aromatic heterocycles. The minimum atomic E-state index is -0.254. The van der Waals surface area contributed by atoms with Crippen LogP contribution in [0.2, 0.25) is 10.0 Å². The lowest BCUT2D eigenvalue weighted by Crippen LogP contribution is -2.41. The van der Waals surface area contributed by atoms with Gasteiger partial charge in [-0.25, -0.2) is 0 Å². The Labute approximate surface area is 176 Å². The Morgan fingerprint density at radius 2 is 2.00 bits per heavy atom. The lowest BCUT2D eigenvalue weighted by molar-refractivity contribution is -0.136. The standard InChI is InChI=1S/C19H25Cl2N3O2.ClH/c1-2-9-24(18(26)14-11-19(14)5-7-22-8-6-19)12-17(25)23-16-10-13(20)3-4-15(16)21;/h3-4,10,14,22H,2,5-9,11-12H2,1H3,(H,23,25);1H. The molecular weight excluding hydrogens is 409 g/mol. The highest BCUT2D eigenvalue weighted by molar-refractivity contribution is 6.35. The van der Waals surface area contributed by atoms with E-state index in [2.05, 4.69) is 10.6 Å². The number of benzene rings is 1. The largest absolute Gasteiger partial charge is 0.333 e. The van der Waals surface area contributed by atoms with E-state index in [1.807, 2.05) is 6.92 Å². The van der Waals surface area contributed by atoms with E-state index < -0.39 is 0 Å². The molecule has 0 radical (unpaired) electrons. The molecular formula is C19H26Cl3N3O2. The number of hydrogen-bond donors (Lipinski definition) is 2. The van der Waals surface area contributed by atoms with E-state index in [9.17, 15) is 9.59 Å². The molecule has 2 aliphatic rings. The molecule has 1 aliphatic carbocycles. The molecule has 3 rings (SSSR count). The maximum atomic E-state index is 13.0. The highest BCUT2D eigenvalue weighted by Gasteiger charge is 2.58. The topological polar surface area (TPSA) is 61.4 Å². The zero-order chi connectivity index (χ0) is 18.7. The Balaban J connectivity index is 0.00000261. The van der Waals surface area contributed by atoms with Gasteiger partial charge in [0.2, 0.25) is 11.8 Å². The molecule has 1 aliphatic heterocycles. The number of nitrogens with zero attached hydrogens (tertiary/aromatic N) is 1. The van der Waals surface area contributed by atoms with Crippen molar-refractivity contribution < 1.29 is 9.59 Å². The molecule has 0 bridgehead atoms. The van der Waals surface area contributed by atoms with Crippen molar-refractivity contribution in [2.45, 2.75) is 32.6 Å². The first-order valence-electron chi connectivity index (χ1n) is 9.19. The van der Waals surface area contributed by atoms with Gasteiger partial charge < -0.3 is 15.5 Å². The molecule has 1 aromatic carbocycles. The second kappa shape index (κ2) is 9.46. The van der Waals surface area contributed by atoms with Gasteiger partial charge in [0.25, 0.3) is 0 Å². The minimum absolute atomic E-state index is 0. The quantitative estimate of drug-likeness (QED) is 0.712. The van der Waals surface area contributed by atoms with Crippen molar-refractivity contribution in [2.24, 2.45) is 11.3 Å². The van der Waals surface area contributed by atoms with Crippen molar-refractivity contribution >= 4 is 53.1 Å². The predicted octanol–water partition coefficient (Wildman–Crippen LogP) is 3.98. The molecule has 2 fully saturated rings. The van der Waals surface area contributed by atoms with E-state index in [0.717, 1.165) is 38.8 Å². The van der Waals surface area contributed by atoms with Crippen LogP contribution in [0.25, 0.3) is 0 Å². The van der Waals surface area contributed by atoms with Crippen molar-refractivity contribution in [3.8, 4) is 0 Å². The number of carbonyl (C=O) groups is 2. The summed E-state index contributed by atoms with van der Waals surface area (Å²) >= 11 is 12.1. The molecule has 2 amide bonds. The Hall–Kier alpha value is -1.01. The normalized spacial score (nSPS) is 19.9. The summed E-state index contributed by atoms with van der Waals surface area (Å²) in [6.45, 7) is 4.59. The molecule has 27 heavy (non-hydrogen) atoms. The van der Waals surface area contributed by atoms with E-state index in [1.54, 1.807) is 23.1 Å². The minimum Gasteiger partial charge on any atom is -0.333 e. The molecule has 1 aromatic rings. The fraction of sp³-hybridized carbons (Fsp3) is 0.579. The monoisotopic (exact) mass is 433 g/mol. The summed E-state index contributed by atoms with van der Waals surface area (Å²) < 4.78 is 0. The fourth-order valence-electron chi connectivity index (χ4n) is 3.89. The van der Waals surface area contributed by atoms with Gasteiger partial charge in [0.15, 0.2) is 0 Å². The van der Waals surface area contributed by atoms with Crippen LogP contribution in [0, 0.1) is 11.3 Å². The van der Waals surface area contributed by atoms with E-state index >= 15 is 0 Å². The Kier molecular flexibility index (Phi) is 7.81. The molecule has 150 valence electrons. The predicted molar refractivity (Wildman–Crippen MR) is 112 cm³/mol. The molecule has 2 N–H and O–H groups in total. The van der Waals surface area contributed by atoms with Crippen molar-refractivity contribution in [2.75, 3.05) is 31.5 Å². The molecule has 8 heteroatoms. The van der Waals surface area contributed by atoms with Gasteiger partial charge in [-0.3, -0.25) is 9.59 Å². The lowest BCUT2D eigenvalue weighted by Gasteiger charge is -2.26. The first kappa shape index (κ1) is 22.3. The maximum absolute atomic E-state index is 13.0. The number of amides is 2. The van der Waals surface area contributed by atoms with E-state index in [4.69, 9.17) is 23.2 Å². The lowest BCUT2D eigenvalue weighted by atomic mass is 9.91. The Morgan fingerprint density at radius 1 is 1.30 bits per heavy atom. The Morgan fingerprint density at radius 3 is 2.67 bits per heavy atom. The van der Waals surface area contributed by atoms with Gasteiger partial charge in [-0.1, -0.05) is 30.1 Å². The average molecular weight is 435 g/mol. The van der Waals surface area contributed by atoms with Crippen LogP contribution in [0.15, 0.2) is 18.2 Å². The van der Waals surface area contributed by atoms with E-state index in [-0.39, 0.29) is 42.1 Å². The van der Waals surface area contributed by atoms with Gasteiger partial charge in [-0.15, -0.1) is 12.4 Å². The maximum Gasteiger partial charge on any atom is 0.244 e. The van der Waals surface area contributed by atoms with Crippen molar-refractivity contribution in [1.82, 2.24) is 10.2 Å². The molecule has 1 unspecified atom stereocenters. The highest BCUT2D eigenvalue weighted by atomic mass is 35.5. The molecule has 1 saturated carbocycles. The van der Waals surface area contributed by atoms with Crippen LogP contribution in [0.4, 0.5) is 5.69 Å². The van der Waals surface area contributed by atoms with Gasteiger partial charge in [0.05, 0.1) is 17.3 Å². The molecule has 5 nitrogen and oxygen atoms in total. The van der Waals surface area contributed by atoms with Crippen LogP contribution >= 0.6 is 35.6 Å². The summed E-state index contributed by atoms with van der Waals surface area (Å²) in [6, 6.07) is 4.91. The van der Waals surface area contributed by atoms with Crippen molar-refractivity contribution in [3.63, 3.8) is 0 Å². The van der Waals surface area contributed by atoms with Crippen LogP contribution in [0.5, 0.6) is 0 Å². The summed E-state index contributed by atoms with van der Waals surface area (Å²) in [5, 5.41) is 7.04. The van der Waals surface area contributed by atoms with Gasteiger partial charge in [-0.2, -0.15) is 0 Å². The van der Waals surface area contributed by atoms with Crippen molar-refractivity contribution in [1.29, 1.82) is 0 Å². The number of rotatable bonds is 6. The number of nitrogens with one attached hydrogen (secondary N) is 2. The van der Waals surface area contributed by atoms with Gasteiger partial charge >= 0.3 is 0 Å². The van der Waals surface area contributed by atoms with Gasteiger partial charge in [0, 0.05) is 17.5 Å². The first-order chi connectivity index (χ1) is 12.4. The van der Waals surface area contributed by atoms with Gasteiger partial charge in [0.1, 0.15) is 0 Å². The first-order valence-corrected chi connectivity index (χ1v) is 9.95. The summed E-state index contributed by atoms with van der Waals surface area (Å²) in [5.74, 6) is -0.0734. The molecule has 1 spiro atoms. The fourth-order valence-corrected chi connectivity index (χ4v) is 4.22. The van der Waals surface area contributed by atoms with Crippen LogP contribution < -0.4 is 10.6 Å². The number of halogens is 3. The zero-order valence-corrected chi connectivity index (χ0v) is 17.7. The van der Waals surface area contributed by atoms with Crippen molar-refractivity contribution in [3.05, 3.63) is 28.2 Å². The zero-order valence-electron chi connectivity index (χ0n) is 15.4. The SMILES string of the molecule is CCCN(CC(=O)Nc1cc(Cl)ccc1Cl)C(=O)C1CC12CCNCC2.Cl. The second-order valence-electron chi connectivity index (χ2n) is 7.30. The molecule has 1 saturated heterocycles. The third-order valence-electron chi connectivity index (χ3n) is 5.43. The number of hydrogen-bond acceptors (Lipinski definition) is 3. The summed E-state index contributed by atoms with van der Waals surface area (Å²) in [7, 11) is 0.